The molecule has 2 heteroatoms. The van der Waals surface area contributed by atoms with E-state index in [0.717, 1.165) is 17.8 Å². The molecule has 0 aliphatic heterocycles. The predicted molar refractivity (Wildman–Crippen MR) is 78.5 cm³/mol. The van der Waals surface area contributed by atoms with Gasteiger partial charge in [0.15, 0.2) is 0 Å². The Morgan fingerprint density at radius 1 is 1.06 bits per heavy atom. The van der Waals surface area contributed by atoms with E-state index in [4.69, 9.17) is 5.73 Å². The van der Waals surface area contributed by atoms with Crippen molar-refractivity contribution >= 4 is 17.1 Å². The van der Waals surface area contributed by atoms with Crippen molar-refractivity contribution in [1.82, 2.24) is 0 Å². The van der Waals surface area contributed by atoms with Crippen LogP contribution in [0.3, 0.4) is 0 Å². The molecule has 0 aliphatic rings. The second kappa shape index (κ2) is 5.50. The molecule has 0 saturated carbocycles. The molecule has 2 nitrogen and oxygen atoms in total. The summed E-state index contributed by atoms with van der Waals surface area (Å²) in [4.78, 5) is 4.63. The van der Waals surface area contributed by atoms with Crippen molar-refractivity contribution in [2.24, 2.45) is 4.99 Å². The van der Waals surface area contributed by atoms with Crippen LogP contribution in [-0.4, -0.2) is 5.71 Å². The molecule has 2 aromatic rings. The van der Waals surface area contributed by atoms with Crippen molar-refractivity contribution in [1.29, 1.82) is 0 Å². The van der Waals surface area contributed by atoms with Gasteiger partial charge >= 0.3 is 0 Å². The van der Waals surface area contributed by atoms with Crippen LogP contribution in [-0.2, 0) is 6.42 Å². The lowest BCUT2D eigenvalue weighted by molar-refractivity contribution is 1.13. The molecule has 0 saturated heterocycles. The van der Waals surface area contributed by atoms with Crippen LogP contribution in [0.15, 0.2) is 53.5 Å². The maximum absolute atomic E-state index is 5.91. The quantitative estimate of drug-likeness (QED) is 0.637. The molecule has 18 heavy (non-hydrogen) atoms. The van der Waals surface area contributed by atoms with Crippen LogP contribution in [0.5, 0.6) is 0 Å². The van der Waals surface area contributed by atoms with E-state index < -0.39 is 0 Å². The molecule has 92 valence electrons. The van der Waals surface area contributed by atoms with E-state index in [0.29, 0.717) is 5.69 Å². The third kappa shape index (κ3) is 2.59. The minimum absolute atomic E-state index is 0.714. The SMILES string of the molecule is CCc1ccccc1C(C)=Nc1ccccc1N. The van der Waals surface area contributed by atoms with E-state index in [1.54, 1.807) is 0 Å². The van der Waals surface area contributed by atoms with Gasteiger partial charge in [0.05, 0.1) is 11.4 Å². The first-order valence-corrected chi connectivity index (χ1v) is 6.20. The monoisotopic (exact) mass is 238 g/mol. The summed E-state index contributed by atoms with van der Waals surface area (Å²) in [5.74, 6) is 0. The molecule has 2 N–H and O–H groups in total. The molecule has 0 aromatic heterocycles. The number of nitrogen functional groups attached to an aromatic ring is 1. The highest BCUT2D eigenvalue weighted by Gasteiger charge is 2.04. The average Bonchev–Trinajstić information content (AvgIpc) is 2.41. The van der Waals surface area contributed by atoms with Gasteiger partial charge in [0.1, 0.15) is 0 Å². The minimum Gasteiger partial charge on any atom is -0.397 e. The minimum atomic E-state index is 0.714. The van der Waals surface area contributed by atoms with E-state index >= 15 is 0 Å². The Kier molecular flexibility index (Phi) is 3.78. The molecule has 0 bridgehead atoms. The molecule has 0 fully saturated rings. The third-order valence-corrected chi connectivity index (χ3v) is 3.01. The Morgan fingerprint density at radius 2 is 1.72 bits per heavy atom. The summed E-state index contributed by atoms with van der Waals surface area (Å²) in [6, 6.07) is 16.0. The van der Waals surface area contributed by atoms with Gasteiger partial charge < -0.3 is 5.73 Å². The first-order chi connectivity index (χ1) is 8.72. The van der Waals surface area contributed by atoms with E-state index in [-0.39, 0.29) is 0 Å². The second-order valence-corrected chi connectivity index (χ2v) is 4.27. The fraction of sp³-hybridized carbons (Fsp3) is 0.188. The smallest absolute Gasteiger partial charge is 0.0862 e. The second-order valence-electron chi connectivity index (χ2n) is 4.27. The average molecular weight is 238 g/mol. The number of aliphatic imine (C=N–C) groups is 1. The fourth-order valence-electron chi connectivity index (χ4n) is 2.01. The van der Waals surface area contributed by atoms with Crippen molar-refractivity contribution in [3.05, 3.63) is 59.7 Å². The van der Waals surface area contributed by atoms with Crippen molar-refractivity contribution in [2.75, 3.05) is 5.73 Å². The van der Waals surface area contributed by atoms with Crippen molar-refractivity contribution in [3.8, 4) is 0 Å². The Hall–Kier alpha value is -2.09. The third-order valence-electron chi connectivity index (χ3n) is 3.01. The number of nitrogens with two attached hydrogens (primary N) is 1. The van der Waals surface area contributed by atoms with Crippen LogP contribution in [0.4, 0.5) is 11.4 Å². The van der Waals surface area contributed by atoms with Crippen LogP contribution >= 0.6 is 0 Å². The Morgan fingerprint density at radius 3 is 2.44 bits per heavy atom. The summed E-state index contributed by atoms with van der Waals surface area (Å²) in [6.07, 6.45) is 1.01. The first-order valence-electron chi connectivity index (χ1n) is 6.20. The molecular weight excluding hydrogens is 220 g/mol. The Labute approximate surface area is 108 Å². The van der Waals surface area contributed by atoms with Gasteiger partial charge in [0.25, 0.3) is 0 Å². The Bertz CT molecular complexity index is 571. The van der Waals surface area contributed by atoms with Gasteiger partial charge in [-0.25, -0.2) is 0 Å². The molecule has 0 aliphatic carbocycles. The number of benzene rings is 2. The van der Waals surface area contributed by atoms with Crippen molar-refractivity contribution in [2.45, 2.75) is 20.3 Å². The van der Waals surface area contributed by atoms with Gasteiger partial charge in [-0.05, 0) is 36.6 Å². The van der Waals surface area contributed by atoms with Gasteiger partial charge in [-0.15, -0.1) is 0 Å². The van der Waals surface area contributed by atoms with Crippen LogP contribution < -0.4 is 5.73 Å². The van der Waals surface area contributed by atoms with Gasteiger partial charge in [-0.3, -0.25) is 4.99 Å². The zero-order valence-corrected chi connectivity index (χ0v) is 10.9. The Balaban J connectivity index is 2.42. The molecule has 0 radical (unpaired) electrons. The normalized spacial score (nSPS) is 11.6. The number of anilines is 1. The lowest BCUT2D eigenvalue weighted by Gasteiger charge is -2.08. The van der Waals surface area contributed by atoms with E-state index in [1.807, 2.05) is 37.3 Å². The van der Waals surface area contributed by atoms with Crippen LogP contribution in [0.1, 0.15) is 25.0 Å². The lowest BCUT2D eigenvalue weighted by atomic mass is 10.0. The molecule has 2 aromatic carbocycles. The highest BCUT2D eigenvalue weighted by Crippen LogP contribution is 2.22. The fourth-order valence-corrected chi connectivity index (χ4v) is 2.01. The van der Waals surface area contributed by atoms with Gasteiger partial charge in [-0.2, -0.15) is 0 Å². The zero-order chi connectivity index (χ0) is 13.0. The molecule has 0 atom stereocenters. The summed E-state index contributed by atoms with van der Waals surface area (Å²) in [5, 5.41) is 0. The van der Waals surface area contributed by atoms with Crippen molar-refractivity contribution in [3.63, 3.8) is 0 Å². The summed E-state index contributed by atoms with van der Waals surface area (Å²) >= 11 is 0. The molecule has 0 spiro atoms. The number of hydrogen-bond acceptors (Lipinski definition) is 2. The molecule has 0 unspecified atom stereocenters. The maximum atomic E-state index is 5.91. The summed E-state index contributed by atoms with van der Waals surface area (Å²) in [5.41, 5.74) is 11.0. The topological polar surface area (TPSA) is 38.4 Å². The number of hydrogen-bond donors (Lipinski definition) is 1. The standard InChI is InChI=1S/C16H18N2/c1-3-13-8-4-5-9-14(13)12(2)18-16-11-7-6-10-15(16)17/h4-11H,3,17H2,1-2H3. The molecule has 0 heterocycles. The van der Waals surface area contributed by atoms with Crippen LogP contribution in [0.25, 0.3) is 0 Å². The number of rotatable bonds is 3. The maximum Gasteiger partial charge on any atom is 0.0862 e. The largest absolute Gasteiger partial charge is 0.397 e. The molecular formula is C16H18N2. The van der Waals surface area contributed by atoms with Crippen LogP contribution in [0, 0.1) is 0 Å². The van der Waals surface area contributed by atoms with Gasteiger partial charge in [-0.1, -0.05) is 43.3 Å². The number of aryl methyl sites for hydroxylation is 1. The van der Waals surface area contributed by atoms with E-state index in [2.05, 4.69) is 30.1 Å². The number of para-hydroxylation sites is 2. The van der Waals surface area contributed by atoms with E-state index in [1.165, 1.54) is 11.1 Å². The lowest BCUT2D eigenvalue weighted by Crippen LogP contribution is -2.00. The first kappa shape index (κ1) is 12.4. The summed E-state index contributed by atoms with van der Waals surface area (Å²) in [6.45, 7) is 4.18. The number of nitrogens with zero attached hydrogens (tertiary/aromatic N) is 1. The summed E-state index contributed by atoms with van der Waals surface area (Å²) < 4.78 is 0. The molecule has 0 amide bonds. The van der Waals surface area contributed by atoms with Gasteiger partial charge in [0, 0.05) is 5.71 Å². The predicted octanol–water partition coefficient (Wildman–Crippen LogP) is 3.97. The summed E-state index contributed by atoms with van der Waals surface area (Å²) in [7, 11) is 0. The van der Waals surface area contributed by atoms with E-state index in [9.17, 15) is 0 Å². The highest BCUT2D eigenvalue weighted by atomic mass is 14.8. The molecule has 2 rings (SSSR count). The highest BCUT2D eigenvalue weighted by molar-refractivity contribution is 6.02. The van der Waals surface area contributed by atoms with Crippen LogP contribution in [0.2, 0.25) is 0 Å². The zero-order valence-electron chi connectivity index (χ0n) is 10.9. The van der Waals surface area contributed by atoms with Gasteiger partial charge in [0.2, 0.25) is 0 Å². The van der Waals surface area contributed by atoms with Crippen molar-refractivity contribution < 1.29 is 0 Å².